The lowest BCUT2D eigenvalue weighted by molar-refractivity contribution is -0.293. The van der Waals surface area contributed by atoms with Gasteiger partial charge in [0.1, 0.15) is 18.8 Å². The zero-order chi connectivity index (χ0) is 33.1. The molecule has 3 rings (SSSR count). The van der Waals surface area contributed by atoms with Crippen molar-refractivity contribution in [1.29, 1.82) is 0 Å². The van der Waals surface area contributed by atoms with Gasteiger partial charge in [0.05, 0.1) is 20.8 Å². The predicted octanol–water partition coefficient (Wildman–Crippen LogP) is 2.93. The van der Waals surface area contributed by atoms with Crippen LogP contribution < -0.4 is 18.9 Å². The molecule has 0 saturated carbocycles. The van der Waals surface area contributed by atoms with E-state index in [2.05, 4.69) is 0 Å². The van der Waals surface area contributed by atoms with Crippen LogP contribution in [0.1, 0.15) is 39.4 Å². The first-order chi connectivity index (χ1) is 21.5. The Morgan fingerprint density at radius 1 is 0.778 bits per heavy atom. The highest BCUT2D eigenvalue weighted by atomic mass is 16.7. The summed E-state index contributed by atoms with van der Waals surface area (Å²) in [6, 6.07) is 11.4. The molecule has 0 amide bonds. The number of hydrogen-bond acceptors (Lipinski definition) is 14. The van der Waals surface area contributed by atoms with Gasteiger partial charge in [0, 0.05) is 34.8 Å². The number of para-hydroxylation sites is 2. The third-order valence-electron chi connectivity index (χ3n) is 6.44. The average molecular weight is 635 g/mol. The molecule has 14 heteroatoms. The molecular formula is C31H38O14. The molecule has 0 aromatic heterocycles. The molecule has 0 N–H and O–H groups in total. The Bertz CT molecular complexity index is 1330. The van der Waals surface area contributed by atoms with Crippen molar-refractivity contribution in [1.82, 2.24) is 0 Å². The van der Waals surface area contributed by atoms with Crippen LogP contribution in [-0.4, -0.2) is 89.1 Å². The van der Waals surface area contributed by atoms with Crippen molar-refractivity contribution in [3.63, 3.8) is 0 Å². The third kappa shape index (κ3) is 9.80. The molecule has 0 radical (unpaired) electrons. The van der Waals surface area contributed by atoms with Gasteiger partial charge >= 0.3 is 23.9 Å². The molecule has 0 unspecified atom stereocenters. The van der Waals surface area contributed by atoms with Gasteiger partial charge in [-0.1, -0.05) is 18.2 Å². The average Bonchev–Trinajstić information content (AvgIpc) is 2.99. The van der Waals surface area contributed by atoms with Crippen LogP contribution in [-0.2, 0) is 47.6 Å². The molecule has 2 aromatic carbocycles. The summed E-state index contributed by atoms with van der Waals surface area (Å²) in [5, 5.41) is 0. The molecule has 246 valence electrons. The smallest absolute Gasteiger partial charge is 0.308 e. The number of ether oxygens (including phenoxy) is 10. The van der Waals surface area contributed by atoms with Gasteiger partial charge in [0.15, 0.2) is 47.6 Å². The largest absolute Gasteiger partial charge is 0.493 e. The van der Waals surface area contributed by atoms with Gasteiger partial charge in [0.25, 0.3) is 0 Å². The monoisotopic (exact) mass is 634 g/mol. The van der Waals surface area contributed by atoms with Crippen LogP contribution in [0.5, 0.6) is 23.0 Å². The number of carbonyl (C=O) groups is 4. The molecule has 1 saturated heterocycles. The predicted molar refractivity (Wildman–Crippen MR) is 154 cm³/mol. The third-order valence-corrected chi connectivity index (χ3v) is 6.44. The molecule has 1 fully saturated rings. The Morgan fingerprint density at radius 2 is 1.44 bits per heavy atom. The second-order valence-electron chi connectivity index (χ2n) is 9.79. The fourth-order valence-electron chi connectivity index (χ4n) is 4.65. The maximum atomic E-state index is 12.2. The van der Waals surface area contributed by atoms with E-state index in [1.54, 1.807) is 36.4 Å². The van der Waals surface area contributed by atoms with Crippen LogP contribution in [0.3, 0.4) is 0 Å². The summed E-state index contributed by atoms with van der Waals surface area (Å²) in [5.41, 5.74) is 0.404. The minimum absolute atomic E-state index is 0.137. The number of carbonyl (C=O) groups excluding carboxylic acids is 4. The van der Waals surface area contributed by atoms with E-state index in [1.807, 2.05) is 0 Å². The van der Waals surface area contributed by atoms with Crippen LogP contribution in [0.15, 0.2) is 42.5 Å². The van der Waals surface area contributed by atoms with E-state index in [1.165, 1.54) is 55.1 Å². The topological polar surface area (TPSA) is 161 Å². The summed E-state index contributed by atoms with van der Waals surface area (Å²) in [5.74, 6) is -1.46. The molecule has 0 spiro atoms. The molecular weight excluding hydrogens is 596 g/mol. The van der Waals surface area contributed by atoms with Crippen molar-refractivity contribution < 1.29 is 66.5 Å². The highest BCUT2D eigenvalue weighted by Crippen LogP contribution is 2.38. The van der Waals surface area contributed by atoms with Crippen molar-refractivity contribution in [2.45, 2.75) is 64.5 Å². The van der Waals surface area contributed by atoms with E-state index in [4.69, 9.17) is 47.4 Å². The zero-order valence-corrected chi connectivity index (χ0v) is 26.1. The van der Waals surface area contributed by atoms with Gasteiger partial charge in [-0.25, -0.2) is 0 Å². The van der Waals surface area contributed by atoms with Crippen molar-refractivity contribution in [3.05, 3.63) is 48.0 Å². The molecule has 0 bridgehead atoms. The second-order valence-corrected chi connectivity index (χ2v) is 9.79. The highest BCUT2D eigenvalue weighted by molar-refractivity contribution is 5.70. The molecule has 0 aliphatic carbocycles. The van der Waals surface area contributed by atoms with Gasteiger partial charge in [-0.3, -0.25) is 19.2 Å². The van der Waals surface area contributed by atoms with E-state index in [9.17, 15) is 19.2 Å². The van der Waals surface area contributed by atoms with Crippen LogP contribution >= 0.6 is 0 Å². The van der Waals surface area contributed by atoms with Crippen LogP contribution in [0.25, 0.3) is 0 Å². The van der Waals surface area contributed by atoms with Crippen LogP contribution in [0, 0.1) is 0 Å². The summed E-state index contributed by atoms with van der Waals surface area (Å²) in [4.78, 5) is 47.8. The van der Waals surface area contributed by atoms with Crippen molar-refractivity contribution in [2.24, 2.45) is 0 Å². The first-order valence-corrected chi connectivity index (χ1v) is 13.9. The van der Waals surface area contributed by atoms with Gasteiger partial charge in [-0.05, 0) is 29.8 Å². The van der Waals surface area contributed by atoms with E-state index in [0.717, 1.165) is 0 Å². The molecule has 1 aliphatic rings. The summed E-state index contributed by atoms with van der Waals surface area (Å²) in [6.45, 7) is 4.42. The lowest BCUT2D eigenvalue weighted by atomic mass is 10.00. The summed E-state index contributed by atoms with van der Waals surface area (Å²) >= 11 is 0. The zero-order valence-electron chi connectivity index (χ0n) is 26.1. The molecule has 1 aliphatic heterocycles. The quantitative estimate of drug-likeness (QED) is 0.169. The lowest BCUT2D eigenvalue weighted by Gasteiger charge is -2.42. The standard InChI is InChI=1S/C31H38O14/c1-17(32)39-15-26(44-23-11-9-8-10-22(23)36-5)28(21-12-13-24(41-18(2)33)25(14-21)37-6)45-30-29(43-20(4)35)27(42-19(3)34)16-40-31(30)38-7/h8-14,26-31H,15-16H2,1-7H3/t26-,27-,28-,29+,30-,31-/m1/s1. The Hall–Kier alpha value is -4.40. The first-order valence-electron chi connectivity index (χ1n) is 13.9. The molecule has 14 nitrogen and oxygen atoms in total. The van der Waals surface area contributed by atoms with Gasteiger partial charge in [-0.2, -0.15) is 0 Å². The molecule has 1 heterocycles. The van der Waals surface area contributed by atoms with Crippen molar-refractivity contribution in [2.75, 3.05) is 34.5 Å². The van der Waals surface area contributed by atoms with E-state index < -0.39 is 60.7 Å². The van der Waals surface area contributed by atoms with Gasteiger partial charge in [0.2, 0.25) is 0 Å². The number of esters is 4. The Labute approximate surface area is 260 Å². The fourth-order valence-corrected chi connectivity index (χ4v) is 4.65. The summed E-state index contributed by atoms with van der Waals surface area (Å²) in [7, 11) is 4.23. The first kappa shape index (κ1) is 35.1. The van der Waals surface area contributed by atoms with E-state index >= 15 is 0 Å². The summed E-state index contributed by atoms with van der Waals surface area (Å²) in [6.07, 6.45) is -6.77. The number of benzene rings is 2. The van der Waals surface area contributed by atoms with E-state index in [0.29, 0.717) is 17.1 Å². The molecule has 45 heavy (non-hydrogen) atoms. The number of methoxy groups -OCH3 is 3. The van der Waals surface area contributed by atoms with Gasteiger partial charge in [-0.15, -0.1) is 0 Å². The maximum absolute atomic E-state index is 12.2. The maximum Gasteiger partial charge on any atom is 0.308 e. The fraction of sp³-hybridized carbons (Fsp3) is 0.484. The Morgan fingerprint density at radius 3 is 2.02 bits per heavy atom. The number of hydrogen-bond donors (Lipinski definition) is 0. The SMILES string of the molecule is COc1cc([C@@H](O[C@H]2[C@H](OC)OC[C@@H](OC(C)=O)[C@@H]2OC(C)=O)[C@@H](COC(C)=O)Oc2ccccc2OC)ccc1OC(C)=O. The second kappa shape index (κ2) is 16.6. The van der Waals surface area contributed by atoms with Crippen molar-refractivity contribution >= 4 is 23.9 Å². The normalized spacial score (nSPS) is 20.6. The highest BCUT2D eigenvalue weighted by Gasteiger charge is 2.48. The lowest BCUT2D eigenvalue weighted by Crippen LogP contribution is -2.58. The number of rotatable bonds is 14. The van der Waals surface area contributed by atoms with Gasteiger partial charge < -0.3 is 47.4 Å². The Balaban J connectivity index is 2.18. The summed E-state index contributed by atoms with van der Waals surface area (Å²) < 4.78 is 56.9. The minimum atomic E-state index is -1.21. The van der Waals surface area contributed by atoms with Crippen LogP contribution in [0.2, 0.25) is 0 Å². The molecule has 2 aromatic rings. The minimum Gasteiger partial charge on any atom is -0.493 e. The van der Waals surface area contributed by atoms with Crippen molar-refractivity contribution in [3.8, 4) is 23.0 Å². The van der Waals surface area contributed by atoms with Crippen LogP contribution in [0.4, 0.5) is 0 Å². The Kier molecular flexibility index (Phi) is 12.9. The van der Waals surface area contributed by atoms with E-state index in [-0.39, 0.29) is 24.7 Å². The molecule has 6 atom stereocenters.